The minimum Gasteiger partial charge on any atom is -0.399 e. The fourth-order valence-corrected chi connectivity index (χ4v) is 2.19. The number of benzene rings is 1. The summed E-state index contributed by atoms with van der Waals surface area (Å²) in [7, 11) is 0. The zero-order valence-electron chi connectivity index (χ0n) is 8.75. The van der Waals surface area contributed by atoms with Gasteiger partial charge in [0.1, 0.15) is 0 Å². The van der Waals surface area contributed by atoms with Gasteiger partial charge < -0.3 is 15.2 Å². The van der Waals surface area contributed by atoms with E-state index >= 15 is 0 Å². The van der Waals surface area contributed by atoms with Gasteiger partial charge in [0.2, 0.25) is 5.89 Å². The molecule has 0 radical (unpaired) electrons. The molecule has 0 saturated heterocycles. The Labute approximate surface area is 101 Å². The standard InChI is InChI=1S/C10H9N5OS/c11-6-1-2-7-8(3-6)15-10(14-7)17-4-9-12-5-13-16-9/h1-3,5H,4,11H2,(H,14,15). The van der Waals surface area contributed by atoms with Gasteiger partial charge in [0.15, 0.2) is 11.5 Å². The molecule has 6 nitrogen and oxygen atoms in total. The van der Waals surface area contributed by atoms with E-state index in [0.29, 0.717) is 11.6 Å². The highest BCUT2D eigenvalue weighted by Gasteiger charge is 2.06. The molecular weight excluding hydrogens is 238 g/mol. The lowest BCUT2D eigenvalue weighted by Crippen LogP contribution is -1.82. The monoisotopic (exact) mass is 247 g/mol. The van der Waals surface area contributed by atoms with Crippen LogP contribution in [0.2, 0.25) is 0 Å². The quantitative estimate of drug-likeness (QED) is 0.541. The molecule has 0 fully saturated rings. The third-order valence-corrected chi connectivity index (χ3v) is 3.08. The van der Waals surface area contributed by atoms with E-state index in [9.17, 15) is 0 Å². The molecule has 2 heterocycles. The van der Waals surface area contributed by atoms with Gasteiger partial charge in [-0.3, -0.25) is 0 Å². The summed E-state index contributed by atoms with van der Waals surface area (Å²) in [6.07, 6.45) is 1.38. The summed E-state index contributed by atoms with van der Waals surface area (Å²) in [5.74, 6) is 1.17. The lowest BCUT2D eigenvalue weighted by atomic mass is 10.3. The van der Waals surface area contributed by atoms with Crippen molar-refractivity contribution in [1.82, 2.24) is 20.1 Å². The first kappa shape index (κ1) is 10.2. The Morgan fingerprint density at radius 1 is 1.41 bits per heavy atom. The van der Waals surface area contributed by atoms with Crippen molar-refractivity contribution in [3.63, 3.8) is 0 Å². The van der Waals surface area contributed by atoms with Crippen LogP contribution in [0.15, 0.2) is 34.2 Å². The molecule has 0 aliphatic rings. The molecule has 0 spiro atoms. The summed E-state index contributed by atoms with van der Waals surface area (Å²) in [4.78, 5) is 11.5. The third kappa shape index (κ3) is 2.09. The van der Waals surface area contributed by atoms with E-state index in [1.807, 2.05) is 18.2 Å². The average Bonchev–Trinajstić information content (AvgIpc) is 2.94. The summed E-state index contributed by atoms with van der Waals surface area (Å²) in [6.45, 7) is 0. The van der Waals surface area contributed by atoms with Gasteiger partial charge in [-0.1, -0.05) is 16.9 Å². The largest absolute Gasteiger partial charge is 0.399 e. The summed E-state index contributed by atoms with van der Waals surface area (Å²) in [5.41, 5.74) is 8.24. The lowest BCUT2D eigenvalue weighted by molar-refractivity contribution is 0.390. The maximum Gasteiger partial charge on any atom is 0.236 e. The minimum absolute atomic E-state index is 0.579. The third-order valence-electron chi connectivity index (χ3n) is 2.22. The van der Waals surface area contributed by atoms with Crippen molar-refractivity contribution in [2.24, 2.45) is 0 Å². The number of hydrogen-bond acceptors (Lipinski definition) is 6. The van der Waals surface area contributed by atoms with Gasteiger partial charge in [-0.2, -0.15) is 4.98 Å². The first-order valence-electron chi connectivity index (χ1n) is 4.95. The number of rotatable bonds is 3. The number of H-pyrrole nitrogens is 1. The summed E-state index contributed by atoms with van der Waals surface area (Å²) >= 11 is 1.51. The number of thioether (sulfide) groups is 1. The van der Waals surface area contributed by atoms with E-state index in [1.165, 1.54) is 18.1 Å². The van der Waals surface area contributed by atoms with Crippen LogP contribution in [-0.2, 0) is 5.75 Å². The average molecular weight is 247 g/mol. The number of imidazole rings is 1. The second-order valence-electron chi connectivity index (χ2n) is 3.44. The number of nitrogen functional groups attached to an aromatic ring is 1. The van der Waals surface area contributed by atoms with Crippen LogP contribution in [0.1, 0.15) is 5.89 Å². The van der Waals surface area contributed by atoms with Crippen molar-refractivity contribution >= 4 is 28.5 Å². The highest BCUT2D eigenvalue weighted by atomic mass is 32.2. The van der Waals surface area contributed by atoms with Crippen molar-refractivity contribution in [3.8, 4) is 0 Å². The molecule has 3 aromatic rings. The van der Waals surface area contributed by atoms with E-state index < -0.39 is 0 Å². The molecule has 0 amide bonds. The number of nitrogens with one attached hydrogen (secondary N) is 1. The first-order valence-corrected chi connectivity index (χ1v) is 5.93. The molecule has 0 aliphatic carbocycles. The molecule has 0 unspecified atom stereocenters. The van der Waals surface area contributed by atoms with Gasteiger partial charge in [0.25, 0.3) is 0 Å². The topological polar surface area (TPSA) is 93.6 Å². The van der Waals surface area contributed by atoms with E-state index in [-0.39, 0.29) is 0 Å². The number of anilines is 1. The van der Waals surface area contributed by atoms with E-state index in [1.54, 1.807) is 0 Å². The van der Waals surface area contributed by atoms with Gasteiger partial charge in [-0.05, 0) is 18.2 Å². The van der Waals surface area contributed by atoms with Gasteiger partial charge in [-0.25, -0.2) is 4.98 Å². The highest BCUT2D eigenvalue weighted by molar-refractivity contribution is 7.98. The van der Waals surface area contributed by atoms with Crippen LogP contribution in [0.3, 0.4) is 0 Å². The fourth-order valence-electron chi connectivity index (χ4n) is 1.46. The summed E-state index contributed by atoms with van der Waals surface area (Å²) in [5, 5.41) is 4.35. The van der Waals surface area contributed by atoms with Crippen molar-refractivity contribution < 1.29 is 4.52 Å². The molecule has 1 aromatic carbocycles. The zero-order valence-corrected chi connectivity index (χ0v) is 9.57. The second kappa shape index (κ2) is 4.10. The lowest BCUT2D eigenvalue weighted by Gasteiger charge is -1.90. The van der Waals surface area contributed by atoms with Crippen molar-refractivity contribution in [2.75, 3.05) is 5.73 Å². The Balaban J connectivity index is 1.81. The van der Waals surface area contributed by atoms with Gasteiger partial charge >= 0.3 is 0 Å². The maximum absolute atomic E-state index is 5.70. The van der Waals surface area contributed by atoms with Gasteiger partial charge in [-0.15, -0.1) is 0 Å². The zero-order chi connectivity index (χ0) is 11.7. The molecule has 0 bridgehead atoms. The molecule has 0 saturated carbocycles. The van der Waals surface area contributed by atoms with E-state index in [2.05, 4.69) is 20.1 Å². The molecule has 3 N–H and O–H groups in total. The van der Waals surface area contributed by atoms with Crippen molar-refractivity contribution in [3.05, 3.63) is 30.4 Å². The van der Waals surface area contributed by atoms with Gasteiger partial charge in [0, 0.05) is 5.69 Å². The Morgan fingerprint density at radius 3 is 3.18 bits per heavy atom. The van der Waals surface area contributed by atoms with Crippen LogP contribution >= 0.6 is 11.8 Å². The molecular formula is C10H9N5OS. The van der Waals surface area contributed by atoms with E-state index in [0.717, 1.165) is 21.9 Å². The molecule has 86 valence electrons. The number of hydrogen-bond donors (Lipinski definition) is 2. The Hall–Kier alpha value is -2.02. The number of aromatic amines is 1. The second-order valence-corrected chi connectivity index (χ2v) is 4.41. The van der Waals surface area contributed by atoms with Crippen LogP contribution in [-0.4, -0.2) is 20.1 Å². The SMILES string of the molecule is Nc1ccc2nc(SCc3ncno3)[nH]c2c1. The molecule has 17 heavy (non-hydrogen) atoms. The highest BCUT2D eigenvalue weighted by Crippen LogP contribution is 2.23. The van der Waals surface area contributed by atoms with Crippen LogP contribution in [0, 0.1) is 0 Å². The van der Waals surface area contributed by atoms with E-state index in [4.69, 9.17) is 10.3 Å². The van der Waals surface area contributed by atoms with Crippen LogP contribution < -0.4 is 5.73 Å². The fraction of sp³-hybridized carbons (Fsp3) is 0.100. The predicted molar refractivity (Wildman–Crippen MR) is 64.4 cm³/mol. The number of nitrogens with zero attached hydrogens (tertiary/aromatic N) is 3. The Kier molecular flexibility index (Phi) is 2.45. The Morgan fingerprint density at radius 2 is 2.35 bits per heavy atom. The molecule has 0 atom stereocenters. The van der Waals surface area contributed by atoms with Crippen molar-refractivity contribution in [1.29, 1.82) is 0 Å². The predicted octanol–water partition coefficient (Wildman–Crippen LogP) is 1.82. The van der Waals surface area contributed by atoms with Crippen LogP contribution in [0.25, 0.3) is 11.0 Å². The molecule has 7 heteroatoms. The molecule has 0 aliphatic heterocycles. The summed E-state index contributed by atoms with van der Waals surface area (Å²) in [6, 6.07) is 5.58. The molecule has 2 aromatic heterocycles. The first-order chi connectivity index (χ1) is 8.31. The van der Waals surface area contributed by atoms with Crippen LogP contribution in [0.4, 0.5) is 5.69 Å². The number of fused-ring (bicyclic) bond motifs is 1. The maximum atomic E-state index is 5.70. The number of nitrogens with two attached hydrogens (primary N) is 1. The Bertz CT molecular complexity index is 633. The van der Waals surface area contributed by atoms with Gasteiger partial charge in [0.05, 0.1) is 16.8 Å². The normalized spacial score (nSPS) is 11.1. The minimum atomic E-state index is 0.579. The van der Waals surface area contributed by atoms with Crippen molar-refractivity contribution in [2.45, 2.75) is 10.9 Å². The smallest absolute Gasteiger partial charge is 0.236 e. The summed E-state index contributed by atoms with van der Waals surface area (Å²) < 4.78 is 4.90. The molecule has 3 rings (SSSR count). The number of aromatic nitrogens is 4. The van der Waals surface area contributed by atoms with Crippen LogP contribution in [0.5, 0.6) is 0 Å².